The number of hydrogen-bond donors (Lipinski definition) is 3. The van der Waals surface area contributed by atoms with Crippen LogP contribution in [0.5, 0.6) is 0 Å². The molecule has 5 N–H and O–H groups in total. The summed E-state index contributed by atoms with van der Waals surface area (Å²) in [5.74, 6) is -0.547. The van der Waals surface area contributed by atoms with E-state index in [0.29, 0.717) is 25.8 Å². The quantitative estimate of drug-likeness (QED) is 0.239. The smallest absolute Gasteiger partial charge is 0.240 e. The maximum Gasteiger partial charge on any atom is 0.240 e. The van der Waals surface area contributed by atoms with Crippen LogP contribution >= 0.6 is 0 Å². The molecule has 5 heteroatoms. The molecule has 0 rings (SSSR count). The maximum absolute atomic E-state index is 11.9. The van der Waals surface area contributed by atoms with Crippen molar-refractivity contribution in [3.63, 3.8) is 0 Å². The highest BCUT2D eigenvalue weighted by atomic mass is 16.2. The average Bonchev–Trinajstić information content (AvgIpc) is 2.67. The summed E-state index contributed by atoms with van der Waals surface area (Å²) in [6, 6.07) is -0.576. The molecular weight excluding hydrogens is 350 g/mol. The van der Waals surface area contributed by atoms with Gasteiger partial charge in [0.1, 0.15) is 6.04 Å². The lowest BCUT2D eigenvalue weighted by Crippen LogP contribution is -2.44. The summed E-state index contributed by atoms with van der Waals surface area (Å²) in [5, 5.41) is 2.73. The van der Waals surface area contributed by atoms with E-state index < -0.39 is 11.9 Å². The highest BCUT2D eigenvalue weighted by Gasteiger charge is 2.16. The van der Waals surface area contributed by atoms with Crippen LogP contribution in [0.2, 0.25) is 0 Å². The minimum absolute atomic E-state index is 0.0736. The largest absolute Gasteiger partial charge is 0.368 e. The molecule has 166 valence electrons. The van der Waals surface area contributed by atoms with Gasteiger partial charge < -0.3 is 16.8 Å². The first-order chi connectivity index (χ1) is 13.6. The van der Waals surface area contributed by atoms with Gasteiger partial charge >= 0.3 is 0 Å². The van der Waals surface area contributed by atoms with E-state index in [2.05, 4.69) is 12.2 Å². The summed E-state index contributed by atoms with van der Waals surface area (Å²) in [7, 11) is 0. The zero-order valence-corrected chi connectivity index (χ0v) is 18.5. The van der Waals surface area contributed by atoms with Crippen LogP contribution in [0.25, 0.3) is 0 Å². The van der Waals surface area contributed by atoms with Crippen LogP contribution in [0, 0.1) is 0 Å². The monoisotopic (exact) mass is 397 g/mol. The number of amides is 2. The van der Waals surface area contributed by atoms with E-state index in [-0.39, 0.29) is 5.91 Å². The summed E-state index contributed by atoms with van der Waals surface area (Å²) in [4.78, 5) is 23.2. The lowest BCUT2D eigenvalue weighted by atomic mass is 10.0. The Morgan fingerprint density at radius 3 is 1.54 bits per heavy atom. The lowest BCUT2D eigenvalue weighted by Gasteiger charge is -2.14. The molecule has 0 heterocycles. The molecule has 0 bridgehead atoms. The van der Waals surface area contributed by atoms with Gasteiger partial charge in [-0.05, 0) is 25.8 Å². The topological polar surface area (TPSA) is 98.2 Å². The molecule has 2 amide bonds. The molecular formula is C23H47N3O2. The molecule has 0 saturated carbocycles. The van der Waals surface area contributed by atoms with Crippen molar-refractivity contribution in [1.29, 1.82) is 0 Å². The molecule has 0 radical (unpaired) electrons. The third-order valence-corrected chi connectivity index (χ3v) is 5.38. The number of hydrogen-bond acceptors (Lipinski definition) is 3. The molecule has 1 atom stereocenters. The molecule has 0 aromatic rings. The molecule has 0 saturated heterocycles. The van der Waals surface area contributed by atoms with Crippen molar-refractivity contribution in [3.05, 3.63) is 0 Å². The van der Waals surface area contributed by atoms with Gasteiger partial charge in [0.05, 0.1) is 0 Å². The number of unbranched alkanes of at least 4 members (excludes halogenated alkanes) is 14. The second kappa shape index (κ2) is 20.6. The third-order valence-electron chi connectivity index (χ3n) is 5.38. The van der Waals surface area contributed by atoms with Crippen LogP contribution in [-0.2, 0) is 9.59 Å². The molecule has 0 aromatic heterocycles. The standard InChI is InChI=1S/C23H47N3O2/c1-2-3-4-5-6-7-8-9-10-11-12-13-14-15-16-19-22(27)26-21(23(25)28)18-17-20-24/h21H,2-20,24H2,1H3,(H2,25,28)(H,26,27). The van der Waals surface area contributed by atoms with E-state index in [1.54, 1.807) is 0 Å². The van der Waals surface area contributed by atoms with Crippen LogP contribution in [0.15, 0.2) is 0 Å². The van der Waals surface area contributed by atoms with Crippen LogP contribution in [0.1, 0.15) is 122 Å². The Bertz CT molecular complexity index is 375. The second-order valence-electron chi connectivity index (χ2n) is 8.15. The van der Waals surface area contributed by atoms with Crippen molar-refractivity contribution in [1.82, 2.24) is 5.32 Å². The predicted octanol–water partition coefficient (Wildman–Crippen LogP) is 4.96. The van der Waals surface area contributed by atoms with Gasteiger partial charge in [0.2, 0.25) is 11.8 Å². The summed E-state index contributed by atoms with van der Waals surface area (Å²) < 4.78 is 0. The zero-order chi connectivity index (χ0) is 20.9. The van der Waals surface area contributed by atoms with E-state index in [0.717, 1.165) is 12.8 Å². The van der Waals surface area contributed by atoms with E-state index in [9.17, 15) is 9.59 Å². The van der Waals surface area contributed by atoms with Gasteiger partial charge in [0.15, 0.2) is 0 Å². The fraction of sp³-hybridized carbons (Fsp3) is 0.913. The molecule has 0 aliphatic carbocycles. The molecule has 28 heavy (non-hydrogen) atoms. The van der Waals surface area contributed by atoms with Crippen LogP contribution < -0.4 is 16.8 Å². The summed E-state index contributed by atoms with van der Waals surface area (Å²) >= 11 is 0. The zero-order valence-electron chi connectivity index (χ0n) is 18.5. The first-order valence-electron chi connectivity index (χ1n) is 11.9. The fourth-order valence-electron chi connectivity index (χ4n) is 3.53. The Morgan fingerprint density at radius 2 is 1.14 bits per heavy atom. The maximum atomic E-state index is 11.9. The number of nitrogens with two attached hydrogens (primary N) is 2. The van der Waals surface area contributed by atoms with Crippen molar-refractivity contribution in [2.24, 2.45) is 11.5 Å². The van der Waals surface area contributed by atoms with Gasteiger partial charge in [-0.3, -0.25) is 9.59 Å². The first-order valence-corrected chi connectivity index (χ1v) is 11.9. The summed E-state index contributed by atoms with van der Waals surface area (Å²) in [6.07, 6.45) is 21.3. The molecule has 1 unspecified atom stereocenters. The highest BCUT2D eigenvalue weighted by molar-refractivity contribution is 5.86. The fourth-order valence-corrected chi connectivity index (χ4v) is 3.53. The number of carbonyl (C=O) groups is 2. The number of primary amides is 1. The minimum Gasteiger partial charge on any atom is -0.368 e. The molecule has 5 nitrogen and oxygen atoms in total. The van der Waals surface area contributed by atoms with E-state index >= 15 is 0 Å². The number of rotatable bonds is 21. The van der Waals surface area contributed by atoms with Crippen molar-refractivity contribution in [3.8, 4) is 0 Å². The lowest BCUT2D eigenvalue weighted by molar-refractivity contribution is -0.127. The summed E-state index contributed by atoms with van der Waals surface area (Å²) in [5.41, 5.74) is 10.8. The Hall–Kier alpha value is -1.10. The Kier molecular flexibility index (Phi) is 19.8. The van der Waals surface area contributed by atoms with Crippen molar-refractivity contribution in [2.75, 3.05) is 6.54 Å². The number of nitrogens with one attached hydrogen (secondary N) is 1. The first kappa shape index (κ1) is 26.9. The van der Waals surface area contributed by atoms with Crippen molar-refractivity contribution < 1.29 is 9.59 Å². The van der Waals surface area contributed by atoms with Gasteiger partial charge in [-0.1, -0.05) is 96.8 Å². The third kappa shape index (κ3) is 18.3. The van der Waals surface area contributed by atoms with Crippen molar-refractivity contribution in [2.45, 2.75) is 129 Å². The second-order valence-corrected chi connectivity index (χ2v) is 8.15. The normalized spacial score (nSPS) is 12.1. The Labute approximate surface area is 173 Å². The molecule has 0 fully saturated rings. The van der Waals surface area contributed by atoms with Gasteiger partial charge in [-0.25, -0.2) is 0 Å². The van der Waals surface area contributed by atoms with Crippen LogP contribution in [0.3, 0.4) is 0 Å². The summed E-state index contributed by atoms with van der Waals surface area (Å²) in [6.45, 7) is 2.77. The van der Waals surface area contributed by atoms with Crippen LogP contribution in [0.4, 0.5) is 0 Å². The molecule has 0 spiro atoms. The van der Waals surface area contributed by atoms with E-state index in [4.69, 9.17) is 11.5 Å². The molecule has 0 aliphatic heterocycles. The van der Waals surface area contributed by atoms with Gasteiger partial charge in [-0.15, -0.1) is 0 Å². The van der Waals surface area contributed by atoms with Crippen molar-refractivity contribution >= 4 is 11.8 Å². The SMILES string of the molecule is CCCCCCCCCCCCCCCCCC(=O)NC(CCCN)C(N)=O. The van der Waals surface area contributed by atoms with Gasteiger partial charge in [-0.2, -0.15) is 0 Å². The van der Waals surface area contributed by atoms with Crippen LogP contribution in [-0.4, -0.2) is 24.4 Å². The average molecular weight is 398 g/mol. The highest BCUT2D eigenvalue weighted by Crippen LogP contribution is 2.13. The van der Waals surface area contributed by atoms with E-state index in [1.165, 1.54) is 83.5 Å². The minimum atomic E-state index is -0.576. The Balaban J connectivity index is 3.38. The Morgan fingerprint density at radius 1 is 0.714 bits per heavy atom. The van der Waals surface area contributed by atoms with E-state index in [1.807, 2.05) is 0 Å². The molecule has 0 aliphatic rings. The van der Waals surface area contributed by atoms with Gasteiger partial charge in [0, 0.05) is 6.42 Å². The van der Waals surface area contributed by atoms with Gasteiger partial charge in [0.25, 0.3) is 0 Å². The molecule has 0 aromatic carbocycles. The number of carbonyl (C=O) groups excluding carboxylic acids is 2. The predicted molar refractivity (Wildman–Crippen MR) is 119 cm³/mol.